The molecule has 0 amide bonds. The van der Waals surface area contributed by atoms with Crippen LogP contribution in [0.1, 0.15) is 19.4 Å². The molecule has 1 aromatic carbocycles. The van der Waals surface area contributed by atoms with Gasteiger partial charge in [0.05, 0.1) is 0 Å². The van der Waals surface area contributed by atoms with Gasteiger partial charge in [0.25, 0.3) is 0 Å². The molecule has 0 fully saturated rings. The van der Waals surface area contributed by atoms with Gasteiger partial charge in [-0.3, -0.25) is 0 Å². The average molecular weight is 242 g/mol. The molecule has 1 N–H and O–H groups in total. The molecular formula is C13H20ClNO. The molecule has 0 heterocycles. The van der Waals surface area contributed by atoms with Crippen LogP contribution in [0, 0.1) is 0 Å². The quantitative estimate of drug-likeness (QED) is 0.879. The standard InChI is InChI=1S/C13H19NO.ClH/c1-10(9-14(3)4)11(2)12-6-5-7-13(15)8-12;/h5-8,15H,9H2,1-4H3;1H. The first-order chi connectivity index (χ1) is 7.00. The van der Waals surface area contributed by atoms with E-state index in [9.17, 15) is 5.11 Å². The first-order valence-corrected chi connectivity index (χ1v) is 5.11. The molecule has 3 heteroatoms. The van der Waals surface area contributed by atoms with Crippen LogP contribution in [-0.2, 0) is 0 Å². The van der Waals surface area contributed by atoms with E-state index >= 15 is 0 Å². The Labute approximate surface area is 104 Å². The minimum Gasteiger partial charge on any atom is -0.508 e. The van der Waals surface area contributed by atoms with E-state index in [-0.39, 0.29) is 12.4 Å². The largest absolute Gasteiger partial charge is 0.508 e. The van der Waals surface area contributed by atoms with Gasteiger partial charge in [0.1, 0.15) is 5.75 Å². The second-order valence-electron chi connectivity index (χ2n) is 4.19. The van der Waals surface area contributed by atoms with Crippen LogP contribution in [0.15, 0.2) is 29.8 Å². The lowest BCUT2D eigenvalue weighted by Gasteiger charge is -2.13. The number of aromatic hydroxyl groups is 1. The Morgan fingerprint density at radius 2 is 1.88 bits per heavy atom. The molecule has 1 rings (SSSR count). The molecule has 0 aliphatic carbocycles. The van der Waals surface area contributed by atoms with Crippen LogP contribution in [0.4, 0.5) is 0 Å². The van der Waals surface area contributed by atoms with Crippen molar-refractivity contribution in [3.63, 3.8) is 0 Å². The predicted molar refractivity (Wildman–Crippen MR) is 72.2 cm³/mol. The molecule has 2 nitrogen and oxygen atoms in total. The van der Waals surface area contributed by atoms with E-state index in [4.69, 9.17) is 0 Å². The number of allylic oxidation sites excluding steroid dienone is 1. The van der Waals surface area contributed by atoms with E-state index in [1.807, 2.05) is 12.1 Å². The summed E-state index contributed by atoms with van der Waals surface area (Å²) in [5, 5.41) is 9.39. The highest BCUT2D eigenvalue weighted by Crippen LogP contribution is 2.21. The molecule has 0 atom stereocenters. The molecule has 90 valence electrons. The van der Waals surface area contributed by atoms with E-state index in [0.29, 0.717) is 5.75 Å². The number of hydrogen-bond acceptors (Lipinski definition) is 2. The summed E-state index contributed by atoms with van der Waals surface area (Å²) in [4.78, 5) is 2.14. The molecule has 0 saturated carbocycles. The highest BCUT2D eigenvalue weighted by Gasteiger charge is 2.02. The third-order valence-electron chi connectivity index (χ3n) is 2.47. The molecule has 1 aromatic rings. The third kappa shape index (κ3) is 4.25. The summed E-state index contributed by atoms with van der Waals surface area (Å²) in [7, 11) is 4.11. The second-order valence-corrected chi connectivity index (χ2v) is 4.19. The van der Waals surface area contributed by atoms with Gasteiger partial charge >= 0.3 is 0 Å². The van der Waals surface area contributed by atoms with E-state index in [1.165, 1.54) is 11.1 Å². The third-order valence-corrected chi connectivity index (χ3v) is 2.47. The number of halogens is 1. The summed E-state index contributed by atoms with van der Waals surface area (Å²) < 4.78 is 0. The maximum absolute atomic E-state index is 9.39. The topological polar surface area (TPSA) is 23.5 Å². The van der Waals surface area contributed by atoms with Crippen molar-refractivity contribution in [1.82, 2.24) is 4.90 Å². The lowest BCUT2D eigenvalue weighted by atomic mass is 10.0. The zero-order valence-electron chi connectivity index (χ0n) is 10.3. The minimum absolute atomic E-state index is 0. The average Bonchev–Trinajstić information content (AvgIpc) is 2.15. The predicted octanol–water partition coefficient (Wildman–Crippen LogP) is 3.17. The summed E-state index contributed by atoms with van der Waals surface area (Å²) in [5.74, 6) is 0.324. The number of nitrogens with zero attached hydrogens (tertiary/aromatic N) is 1. The SMILES string of the molecule is CC(CN(C)C)=C(C)c1cccc(O)c1.Cl. The number of likely N-dealkylation sites (N-methyl/N-ethyl adjacent to an activating group) is 1. The fraction of sp³-hybridized carbons (Fsp3) is 0.385. The second kappa shape index (κ2) is 6.56. The number of phenolic OH excluding ortho intramolecular Hbond substituents is 1. The van der Waals surface area contributed by atoms with Crippen molar-refractivity contribution in [2.45, 2.75) is 13.8 Å². The van der Waals surface area contributed by atoms with E-state index in [0.717, 1.165) is 12.1 Å². The van der Waals surface area contributed by atoms with Gasteiger partial charge in [-0.1, -0.05) is 17.7 Å². The zero-order valence-corrected chi connectivity index (χ0v) is 11.1. The fourth-order valence-corrected chi connectivity index (χ4v) is 1.58. The van der Waals surface area contributed by atoms with Crippen molar-refractivity contribution in [3.05, 3.63) is 35.4 Å². The summed E-state index contributed by atoms with van der Waals surface area (Å²) in [6.07, 6.45) is 0. The highest BCUT2D eigenvalue weighted by molar-refractivity contribution is 5.85. The van der Waals surface area contributed by atoms with Crippen molar-refractivity contribution in [1.29, 1.82) is 0 Å². The number of phenols is 1. The monoisotopic (exact) mass is 241 g/mol. The molecule has 0 aliphatic rings. The van der Waals surface area contributed by atoms with Gasteiger partial charge < -0.3 is 10.0 Å². The number of rotatable bonds is 3. The van der Waals surface area contributed by atoms with Crippen LogP contribution in [0.5, 0.6) is 5.75 Å². The molecule has 0 unspecified atom stereocenters. The van der Waals surface area contributed by atoms with Gasteiger partial charge in [-0.15, -0.1) is 12.4 Å². The lowest BCUT2D eigenvalue weighted by Crippen LogP contribution is -2.14. The van der Waals surface area contributed by atoms with Crippen LogP contribution < -0.4 is 0 Å². The van der Waals surface area contributed by atoms with Crippen molar-refractivity contribution in [2.75, 3.05) is 20.6 Å². The summed E-state index contributed by atoms with van der Waals surface area (Å²) in [6.45, 7) is 5.16. The Bertz CT molecular complexity index is 372. The smallest absolute Gasteiger partial charge is 0.116 e. The van der Waals surface area contributed by atoms with Gasteiger partial charge in [-0.05, 0) is 51.2 Å². The first kappa shape index (κ1) is 15.0. The van der Waals surface area contributed by atoms with Crippen LogP contribution >= 0.6 is 12.4 Å². The summed E-state index contributed by atoms with van der Waals surface area (Å²) in [5.41, 5.74) is 3.65. The van der Waals surface area contributed by atoms with E-state index in [1.54, 1.807) is 12.1 Å². The summed E-state index contributed by atoms with van der Waals surface area (Å²) >= 11 is 0. The molecule has 0 aromatic heterocycles. The maximum atomic E-state index is 9.39. The minimum atomic E-state index is 0. The van der Waals surface area contributed by atoms with Crippen molar-refractivity contribution < 1.29 is 5.11 Å². The molecule has 0 aliphatic heterocycles. The molecule has 0 saturated heterocycles. The molecule has 0 bridgehead atoms. The Hall–Kier alpha value is -0.990. The van der Waals surface area contributed by atoms with Crippen molar-refractivity contribution >= 4 is 18.0 Å². The summed E-state index contributed by atoms with van der Waals surface area (Å²) in [6, 6.07) is 7.39. The van der Waals surface area contributed by atoms with Crippen LogP contribution in [0.3, 0.4) is 0 Å². The highest BCUT2D eigenvalue weighted by atomic mass is 35.5. The van der Waals surface area contributed by atoms with Crippen molar-refractivity contribution in [3.8, 4) is 5.75 Å². The van der Waals surface area contributed by atoms with Gasteiger partial charge in [0, 0.05) is 6.54 Å². The van der Waals surface area contributed by atoms with Crippen LogP contribution in [-0.4, -0.2) is 30.6 Å². The first-order valence-electron chi connectivity index (χ1n) is 5.11. The Balaban J connectivity index is 0.00000225. The maximum Gasteiger partial charge on any atom is 0.116 e. The van der Waals surface area contributed by atoms with E-state index < -0.39 is 0 Å². The Morgan fingerprint density at radius 3 is 2.38 bits per heavy atom. The van der Waals surface area contributed by atoms with Crippen molar-refractivity contribution in [2.24, 2.45) is 0 Å². The normalized spacial score (nSPS) is 12.1. The molecule has 0 radical (unpaired) electrons. The molecule has 0 spiro atoms. The van der Waals surface area contributed by atoms with Gasteiger partial charge in [0.15, 0.2) is 0 Å². The number of benzene rings is 1. The Morgan fingerprint density at radius 1 is 1.25 bits per heavy atom. The van der Waals surface area contributed by atoms with Gasteiger partial charge in [0.2, 0.25) is 0 Å². The molecular weight excluding hydrogens is 222 g/mol. The van der Waals surface area contributed by atoms with Gasteiger partial charge in [-0.25, -0.2) is 0 Å². The Kier molecular flexibility index (Phi) is 6.16. The van der Waals surface area contributed by atoms with E-state index in [2.05, 4.69) is 32.8 Å². The number of hydrogen-bond donors (Lipinski definition) is 1. The lowest BCUT2D eigenvalue weighted by molar-refractivity contribution is 0.445. The van der Waals surface area contributed by atoms with Crippen LogP contribution in [0.2, 0.25) is 0 Å². The fourth-order valence-electron chi connectivity index (χ4n) is 1.58. The van der Waals surface area contributed by atoms with Gasteiger partial charge in [-0.2, -0.15) is 0 Å². The van der Waals surface area contributed by atoms with Crippen LogP contribution in [0.25, 0.3) is 5.57 Å². The molecule has 16 heavy (non-hydrogen) atoms. The zero-order chi connectivity index (χ0) is 11.4.